The molecule has 0 rings (SSSR count). The van der Waals surface area contributed by atoms with Gasteiger partial charge in [0.25, 0.3) is 0 Å². The minimum atomic E-state index is -0.556. The van der Waals surface area contributed by atoms with Crippen LogP contribution in [0.2, 0.25) is 0 Å². The van der Waals surface area contributed by atoms with Crippen molar-refractivity contribution in [3.8, 4) is 0 Å². The minimum absolute atomic E-state index is 0.0545. The van der Waals surface area contributed by atoms with Gasteiger partial charge >= 0.3 is 47.6 Å². The van der Waals surface area contributed by atoms with Gasteiger partial charge in [0.15, 0.2) is 0 Å². The van der Waals surface area contributed by atoms with E-state index in [2.05, 4.69) is 40.9 Å². The van der Waals surface area contributed by atoms with Crippen molar-refractivity contribution in [1.29, 1.82) is 0 Å². The molecule has 25 heavy (non-hydrogen) atoms. The van der Waals surface area contributed by atoms with Crippen LogP contribution in [-0.2, 0) is 36.1 Å². The Morgan fingerprint density at radius 2 is 1.20 bits per heavy atom. The van der Waals surface area contributed by atoms with Gasteiger partial charge in [0.2, 0.25) is 0 Å². The summed E-state index contributed by atoms with van der Waals surface area (Å²) in [7, 11) is 9.78. The molecule has 7 heteroatoms. The number of carbonyl (C=O) groups is 2. The van der Waals surface area contributed by atoms with Crippen molar-refractivity contribution in [2.45, 2.75) is 38.9 Å². The number of ether oxygens (including phenoxy) is 2. The average Bonchev–Trinajstić information content (AvgIpc) is 2.60. The zero-order valence-electron chi connectivity index (χ0n) is 15.0. The van der Waals surface area contributed by atoms with Gasteiger partial charge in [0.05, 0.1) is 12.2 Å². The van der Waals surface area contributed by atoms with Crippen LogP contribution in [0, 0.1) is 39.5 Å². The van der Waals surface area contributed by atoms with Gasteiger partial charge in [-0.3, -0.25) is 0 Å². The first-order valence-electron chi connectivity index (χ1n) is 7.51. The van der Waals surface area contributed by atoms with E-state index in [1.807, 2.05) is 0 Å². The number of carbonyl (C=O) groups excluding carboxylic acids is 2. The zero-order chi connectivity index (χ0) is 20.4. The molecule has 0 aliphatic heterocycles. The molecule has 4 nitrogen and oxygen atoms in total. The maximum absolute atomic E-state index is 10.7. The Bertz CT molecular complexity index is 344. The van der Waals surface area contributed by atoms with Crippen LogP contribution in [0.4, 0.5) is 0 Å². The second kappa shape index (κ2) is 20.0. The molecular formula is C18H28Cl2O4Ti. The first-order chi connectivity index (χ1) is 11.6. The number of rotatable bonds is 8. The van der Waals surface area contributed by atoms with Gasteiger partial charge in [-0.1, -0.05) is 13.2 Å². The van der Waals surface area contributed by atoms with Gasteiger partial charge in [0, 0.05) is 12.2 Å². The molecule has 0 heterocycles. The molecular weight excluding hydrogens is 399 g/mol. The molecule has 0 amide bonds. The van der Waals surface area contributed by atoms with Crippen LogP contribution < -0.4 is 0 Å². The summed E-state index contributed by atoms with van der Waals surface area (Å²) in [5.74, 6) is -0.697. The van der Waals surface area contributed by atoms with Gasteiger partial charge in [-0.25, -0.2) is 22.4 Å². The van der Waals surface area contributed by atoms with Crippen molar-refractivity contribution in [1.82, 2.24) is 0 Å². The fraction of sp³-hybridized carbons (Fsp3) is 0.444. The first-order valence-corrected chi connectivity index (χ1v) is 11.8. The van der Waals surface area contributed by atoms with Crippen molar-refractivity contribution in [2.75, 3.05) is 0 Å². The van der Waals surface area contributed by atoms with E-state index in [1.165, 1.54) is 0 Å². The van der Waals surface area contributed by atoms with Gasteiger partial charge in [-0.15, -0.1) is 0 Å². The molecule has 0 bridgehead atoms. The van der Waals surface area contributed by atoms with Crippen molar-refractivity contribution in [3.05, 3.63) is 53.0 Å². The molecule has 0 aromatic rings. The molecule has 0 fully saturated rings. The summed E-state index contributed by atoms with van der Waals surface area (Å²) >= 11 is -0.556. The van der Waals surface area contributed by atoms with Crippen LogP contribution in [0.3, 0.4) is 0 Å². The average molecular weight is 427 g/mol. The molecule has 0 aliphatic rings. The van der Waals surface area contributed by atoms with E-state index in [0.717, 1.165) is 12.2 Å². The molecule has 4 unspecified atom stereocenters. The number of esters is 2. The molecule has 0 spiro atoms. The van der Waals surface area contributed by atoms with Gasteiger partial charge < -0.3 is 37.2 Å². The second-order valence-corrected chi connectivity index (χ2v) is 7.44. The van der Waals surface area contributed by atoms with Crippen LogP contribution in [0.5, 0.6) is 0 Å². The van der Waals surface area contributed by atoms with Gasteiger partial charge in [-0.2, -0.15) is 11.8 Å². The fourth-order valence-electron chi connectivity index (χ4n) is 1.12. The third kappa shape index (κ3) is 19.9. The van der Waals surface area contributed by atoms with Crippen LogP contribution in [-0.4, -0.2) is 24.1 Å². The number of halogens is 2. The predicted octanol–water partition coefficient (Wildman–Crippen LogP) is 4.93. The summed E-state index contributed by atoms with van der Waals surface area (Å²) < 4.78 is 9.79. The summed E-state index contributed by atoms with van der Waals surface area (Å²) in [6.07, 6.45) is 3.24. The zero-order valence-corrected chi connectivity index (χ0v) is 18.1. The van der Waals surface area contributed by atoms with Gasteiger partial charge in [-0.05, 0) is 13.8 Å². The van der Waals surface area contributed by atoms with Crippen molar-refractivity contribution in [2.24, 2.45) is 11.8 Å². The van der Waals surface area contributed by atoms with E-state index in [9.17, 15) is 9.59 Å². The first kappa shape index (κ1) is 29.5. The van der Waals surface area contributed by atoms with Crippen molar-refractivity contribution in [3.63, 3.8) is 0 Å². The van der Waals surface area contributed by atoms with Crippen LogP contribution in [0.15, 0.2) is 25.3 Å². The van der Waals surface area contributed by atoms with Crippen LogP contribution in [0.1, 0.15) is 26.7 Å². The molecule has 0 radical (unpaired) electrons. The second-order valence-electron chi connectivity index (χ2n) is 4.86. The van der Waals surface area contributed by atoms with E-state index in [1.54, 1.807) is 13.8 Å². The summed E-state index contributed by atoms with van der Waals surface area (Å²) in [4.78, 5) is 21.3. The Labute approximate surface area is 170 Å². The molecule has 0 aliphatic carbocycles. The maximum atomic E-state index is 10.7. The molecule has 0 aromatic heterocycles. The van der Waals surface area contributed by atoms with Crippen LogP contribution in [0.25, 0.3) is 0 Å². The predicted molar refractivity (Wildman–Crippen MR) is 101 cm³/mol. The van der Waals surface area contributed by atoms with E-state index in [-0.39, 0.29) is 24.0 Å². The molecule has 0 saturated carbocycles. The van der Waals surface area contributed by atoms with Crippen molar-refractivity contribution >= 4 is 30.5 Å². The Hall–Kier alpha value is -0.286. The van der Waals surface area contributed by atoms with Crippen LogP contribution >= 0.6 is 18.6 Å². The third-order valence-electron chi connectivity index (χ3n) is 3.01. The normalized spacial score (nSPS) is 14.2. The molecule has 4 atom stereocenters. The fourth-order valence-corrected chi connectivity index (χ4v) is 1.12. The van der Waals surface area contributed by atoms with E-state index in [0.29, 0.717) is 12.8 Å². The summed E-state index contributed by atoms with van der Waals surface area (Å²) in [5.41, 5.74) is 0. The molecule has 0 N–H and O–H groups in total. The van der Waals surface area contributed by atoms with E-state index < -0.39 is 29.0 Å². The molecule has 0 aromatic carbocycles. The summed E-state index contributed by atoms with van der Waals surface area (Å²) in [5, 5.41) is 0. The topological polar surface area (TPSA) is 52.6 Å². The van der Waals surface area contributed by atoms with Crippen molar-refractivity contribution < 1.29 is 36.1 Å². The Balaban J connectivity index is -0.000000334. The third-order valence-corrected chi connectivity index (χ3v) is 3.01. The van der Waals surface area contributed by atoms with E-state index >= 15 is 0 Å². The standard InChI is InChI=1S/2C9H14O2.2ClH.Ti/c2*1-5-7(3)8(4)11-9(10)6-2;;;/h2*6-8H,1-3,5H2,4H3;2*1H;/q2*-2;;;+6/p-2. The molecule has 142 valence electrons. The quantitative estimate of drug-likeness (QED) is 0.239. The Morgan fingerprint density at radius 3 is 1.36 bits per heavy atom. The van der Waals surface area contributed by atoms with E-state index in [4.69, 9.17) is 28.1 Å². The number of hydrogen-bond acceptors (Lipinski definition) is 4. The van der Waals surface area contributed by atoms with Gasteiger partial charge in [0.1, 0.15) is 0 Å². The summed E-state index contributed by atoms with van der Waals surface area (Å²) in [6, 6.07) is 0. The Kier molecular flexibility index (Phi) is 23.6. The monoisotopic (exact) mass is 426 g/mol. The SMILES string of the molecule is C=CC(=O)OC(C)C([CH2-])C[CH2-].C=CC(=O)OC(C)C([CH2-])C[CH2-].[Cl][Ti+4][Cl]. The molecule has 0 saturated heterocycles. The number of hydrogen-bond donors (Lipinski definition) is 0. The summed E-state index contributed by atoms with van der Waals surface area (Å²) in [6.45, 7) is 25.0. The Morgan fingerprint density at radius 1 is 0.960 bits per heavy atom.